The third-order valence-electron chi connectivity index (χ3n) is 6.15. The molecule has 4 aromatic rings. The van der Waals surface area contributed by atoms with Crippen LogP contribution in [0.2, 0.25) is 0 Å². The van der Waals surface area contributed by atoms with Crippen LogP contribution >= 0.6 is 15.9 Å². The van der Waals surface area contributed by atoms with Crippen molar-refractivity contribution in [3.8, 4) is 22.8 Å². The van der Waals surface area contributed by atoms with Gasteiger partial charge < -0.3 is 15.5 Å². The third kappa shape index (κ3) is 4.58. The summed E-state index contributed by atoms with van der Waals surface area (Å²) in [6.07, 6.45) is 3.24. The number of aromatic nitrogens is 3. The predicted octanol–water partition coefficient (Wildman–Crippen LogP) is 4.08. The Morgan fingerprint density at radius 1 is 1.09 bits per heavy atom. The number of para-hydroxylation sites is 2. The summed E-state index contributed by atoms with van der Waals surface area (Å²) >= 11 is 3.48. The highest BCUT2D eigenvalue weighted by Crippen LogP contribution is 2.32. The zero-order valence-corrected chi connectivity index (χ0v) is 21.1. The number of aromatic hydroxyl groups is 2. The van der Waals surface area contributed by atoms with Gasteiger partial charge in [-0.05, 0) is 59.0 Å². The minimum absolute atomic E-state index is 0.0557. The lowest BCUT2D eigenvalue weighted by Crippen LogP contribution is -2.41. The first-order chi connectivity index (χ1) is 16.8. The van der Waals surface area contributed by atoms with Crippen molar-refractivity contribution >= 4 is 37.4 Å². The topological polar surface area (TPSA) is 120 Å². The maximum absolute atomic E-state index is 13.1. The van der Waals surface area contributed by atoms with Gasteiger partial charge in [-0.25, -0.2) is 13.4 Å². The van der Waals surface area contributed by atoms with E-state index < -0.39 is 10.0 Å². The lowest BCUT2D eigenvalue weighted by molar-refractivity contribution is 0.274. The Labute approximate surface area is 211 Å². The van der Waals surface area contributed by atoms with Crippen molar-refractivity contribution < 1.29 is 18.6 Å². The Balaban J connectivity index is 1.39. The van der Waals surface area contributed by atoms with Gasteiger partial charge in [0, 0.05) is 31.3 Å². The number of halogens is 1. The molecule has 1 aliphatic rings. The first kappa shape index (κ1) is 23.6. The molecule has 1 fully saturated rings. The molecule has 2 aromatic carbocycles. The van der Waals surface area contributed by atoms with Crippen molar-refractivity contribution in [1.29, 1.82) is 0 Å². The average Bonchev–Trinajstić information content (AvgIpc) is 3.24. The number of benzene rings is 2. The van der Waals surface area contributed by atoms with Crippen molar-refractivity contribution in [2.75, 3.05) is 25.0 Å². The molecule has 1 unspecified atom stereocenters. The SMILES string of the molecule is O=S(=O)(c1ccccc1O)N1CCCC(CNc2cc(-c3ccccc3O)nc3c(Br)cnn23)C1. The molecule has 3 heterocycles. The van der Waals surface area contributed by atoms with E-state index in [9.17, 15) is 18.6 Å². The van der Waals surface area contributed by atoms with Gasteiger partial charge in [-0.15, -0.1) is 0 Å². The Bertz CT molecular complexity index is 1490. The van der Waals surface area contributed by atoms with Gasteiger partial charge in [0.05, 0.1) is 16.4 Å². The second kappa shape index (κ2) is 9.48. The van der Waals surface area contributed by atoms with Gasteiger partial charge in [0.1, 0.15) is 22.2 Å². The van der Waals surface area contributed by atoms with Gasteiger partial charge >= 0.3 is 0 Å². The highest BCUT2D eigenvalue weighted by Gasteiger charge is 2.32. The minimum Gasteiger partial charge on any atom is -0.507 e. The smallest absolute Gasteiger partial charge is 0.246 e. The Kier molecular flexibility index (Phi) is 6.39. The lowest BCUT2D eigenvalue weighted by atomic mass is 10.00. The van der Waals surface area contributed by atoms with Crippen LogP contribution in [0.25, 0.3) is 16.9 Å². The monoisotopic (exact) mass is 557 g/mol. The fourth-order valence-corrected chi connectivity index (χ4v) is 6.35. The molecule has 1 atom stereocenters. The summed E-state index contributed by atoms with van der Waals surface area (Å²) < 4.78 is 30.1. The number of phenolic OH excluding ortho intramolecular Hbond substituents is 2. The van der Waals surface area contributed by atoms with E-state index >= 15 is 0 Å². The van der Waals surface area contributed by atoms with Crippen LogP contribution in [0.3, 0.4) is 0 Å². The molecular formula is C24H24BrN5O4S. The molecule has 5 rings (SSSR count). The molecular weight excluding hydrogens is 534 g/mol. The molecule has 182 valence electrons. The van der Waals surface area contributed by atoms with Crippen LogP contribution in [0.1, 0.15) is 12.8 Å². The molecule has 0 spiro atoms. The molecule has 35 heavy (non-hydrogen) atoms. The van der Waals surface area contributed by atoms with Crippen LogP contribution < -0.4 is 5.32 Å². The summed E-state index contributed by atoms with van der Waals surface area (Å²) in [4.78, 5) is 4.58. The van der Waals surface area contributed by atoms with Crippen molar-refractivity contribution in [1.82, 2.24) is 18.9 Å². The first-order valence-electron chi connectivity index (χ1n) is 11.2. The minimum atomic E-state index is -3.79. The molecule has 0 radical (unpaired) electrons. The molecule has 11 heteroatoms. The number of nitrogens with one attached hydrogen (secondary N) is 1. The van der Waals surface area contributed by atoms with E-state index in [1.54, 1.807) is 41.0 Å². The maximum Gasteiger partial charge on any atom is 0.246 e. The van der Waals surface area contributed by atoms with E-state index in [1.807, 2.05) is 12.1 Å². The first-order valence-corrected chi connectivity index (χ1v) is 13.4. The summed E-state index contributed by atoms with van der Waals surface area (Å²) in [6.45, 7) is 1.27. The number of rotatable bonds is 6. The fourth-order valence-electron chi connectivity index (χ4n) is 4.37. The number of anilines is 1. The average molecular weight is 558 g/mol. The van der Waals surface area contributed by atoms with Crippen LogP contribution in [0.4, 0.5) is 5.82 Å². The standard InChI is InChI=1S/C24H24BrN5O4S/c25-18-14-27-30-23(12-19(28-24(18)30)17-7-1-2-8-20(17)31)26-13-16-6-5-11-29(15-16)35(33,34)22-10-4-3-9-21(22)32/h1-4,7-10,12,14,16,26,31-32H,5-6,11,13,15H2. The Hall–Kier alpha value is -3.15. The number of sulfonamides is 1. The van der Waals surface area contributed by atoms with Crippen LogP contribution in [0, 0.1) is 5.92 Å². The number of piperidine rings is 1. The summed E-state index contributed by atoms with van der Waals surface area (Å²) in [7, 11) is -3.79. The fraction of sp³-hybridized carbons (Fsp3) is 0.250. The van der Waals surface area contributed by atoms with Crippen LogP contribution in [-0.2, 0) is 10.0 Å². The van der Waals surface area contributed by atoms with Gasteiger partial charge in [-0.1, -0.05) is 24.3 Å². The van der Waals surface area contributed by atoms with E-state index in [4.69, 9.17) is 0 Å². The quantitative estimate of drug-likeness (QED) is 0.326. The van der Waals surface area contributed by atoms with E-state index in [0.29, 0.717) is 42.4 Å². The molecule has 0 bridgehead atoms. The largest absolute Gasteiger partial charge is 0.507 e. The van der Waals surface area contributed by atoms with E-state index in [-0.39, 0.29) is 22.3 Å². The number of nitrogens with zero attached hydrogens (tertiary/aromatic N) is 4. The third-order valence-corrected chi connectivity index (χ3v) is 8.62. The number of fused-ring (bicyclic) bond motifs is 1. The van der Waals surface area contributed by atoms with Gasteiger partial charge in [0.25, 0.3) is 0 Å². The van der Waals surface area contributed by atoms with E-state index in [2.05, 4.69) is 31.3 Å². The maximum atomic E-state index is 13.1. The normalized spacial score (nSPS) is 17.0. The van der Waals surface area contributed by atoms with Crippen molar-refractivity contribution in [3.63, 3.8) is 0 Å². The summed E-state index contributed by atoms with van der Waals surface area (Å²) in [5.41, 5.74) is 1.79. The molecule has 0 aliphatic carbocycles. The highest BCUT2D eigenvalue weighted by atomic mass is 79.9. The van der Waals surface area contributed by atoms with Crippen LogP contribution in [0.5, 0.6) is 11.5 Å². The molecule has 3 N–H and O–H groups in total. The summed E-state index contributed by atoms with van der Waals surface area (Å²) in [6, 6.07) is 14.8. The zero-order valence-electron chi connectivity index (χ0n) is 18.7. The van der Waals surface area contributed by atoms with Crippen LogP contribution in [-0.4, -0.2) is 57.2 Å². The second-order valence-electron chi connectivity index (χ2n) is 8.49. The van der Waals surface area contributed by atoms with E-state index in [1.165, 1.54) is 16.4 Å². The Morgan fingerprint density at radius 2 is 1.83 bits per heavy atom. The number of phenols is 2. The van der Waals surface area contributed by atoms with E-state index in [0.717, 1.165) is 17.3 Å². The Morgan fingerprint density at radius 3 is 2.60 bits per heavy atom. The lowest BCUT2D eigenvalue weighted by Gasteiger charge is -2.32. The predicted molar refractivity (Wildman–Crippen MR) is 136 cm³/mol. The van der Waals surface area contributed by atoms with Crippen molar-refractivity contribution in [3.05, 3.63) is 65.3 Å². The molecule has 1 saturated heterocycles. The molecule has 0 amide bonds. The zero-order chi connectivity index (χ0) is 24.6. The molecule has 9 nitrogen and oxygen atoms in total. The van der Waals surface area contributed by atoms with Gasteiger partial charge in [0.2, 0.25) is 10.0 Å². The summed E-state index contributed by atoms with van der Waals surface area (Å²) in [5, 5.41) is 28.2. The van der Waals surface area contributed by atoms with Gasteiger partial charge in [-0.3, -0.25) is 0 Å². The van der Waals surface area contributed by atoms with Crippen molar-refractivity contribution in [2.24, 2.45) is 5.92 Å². The second-order valence-corrected chi connectivity index (χ2v) is 11.3. The molecule has 1 aliphatic heterocycles. The molecule has 2 aromatic heterocycles. The highest BCUT2D eigenvalue weighted by molar-refractivity contribution is 9.10. The van der Waals surface area contributed by atoms with Crippen LogP contribution in [0.15, 0.2) is 70.2 Å². The van der Waals surface area contributed by atoms with Gasteiger partial charge in [-0.2, -0.15) is 13.9 Å². The van der Waals surface area contributed by atoms with Gasteiger partial charge in [0.15, 0.2) is 5.65 Å². The number of hydrogen-bond acceptors (Lipinski definition) is 7. The summed E-state index contributed by atoms with van der Waals surface area (Å²) in [5.74, 6) is 0.621. The van der Waals surface area contributed by atoms with Crippen molar-refractivity contribution in [2.45, 2.75) is 17.7 Å². The number of hydrogen-bond donors (Lipinski definition) is 3. The molecule has 0 saturated carbocycles.